The third kappa shape index (κ3) is 4.60. The standard InChI is InChI=1S/C20H27N3O4S/c1-12-14(3)28-19-17(12)20(26)23(11-21-19)10-16(24)27-13(2)18(25)22-15-8-6-4-5-7-9-15/h11,13,15H,4-10H2,1-3H3,(H,22,25)/t13-/m1/s1. The number of thiophene rings is 1. The number of nitrogens with one attached hydrogen (secondary N) is 1. The minimum Gasteiger partial charge on any atom is -0.451 e. The zero-order chi connectivity index (χ0) is 20.3. The van der Waals surface area contributed by atoms with Crippen molar-refractivity contribution in [2.24, 2.45) is 0 Å². The van der Waals surface area contributed by atoms with Crippen LogP contribution in [0.5, 0.6) is 0 Å². The van der Waals surface area contributed by atoms with Gasteiger partial charge in [0.15, 0.2) is 6.10 Å². The van der Waals surface area contributed by atoms with E-state index in [1.54, 1.807) is 6.92 Å². The predicted octanol–water partition coefficient (Wildman–Crippen LogP) is 2.85. The van der Waals surface area contributed by atoms with Crippen LogP contribution in [0.3, 0.4) is 0 Å². The first-order valence-electron chi connectivity index (χ1n) is 9.82. The van der Waals surface area contributed by atoms with Crippen LogP contribution in [0.25, 0.3) is 10.2 Å². The number of nitrogens with zero attached hydrogens (tertiary/aromatic N) is 2. The number of esters is 1. The third-order valence-corrected chi connectivity index (χ3v) is 6.45. The first-order chi connectivity index (χ1) is 13.4. The lowest BCUT2D eigenvalue weighted by atomic mass is 10.1. The van der Waals surface area contributed by atoms with Crippen LogP contribution in [0.2, 0.25) is 0 Å². The van der Waals surface area contributed by atoms with Gasteiger partial charge in [-0.2, -0.15) is 0 Å². The van der Waals surface area contributed by atoms with Crippen molar-refractivity contribution < 1.29 is 14.3 Å². The maximum atomic E-state index is 12.7. The van der Waals surface area contributed by atoms with E-state index in [4.69, 9.17) is 4.74 Å². The van der Waals surface area contributed by atoms with Gasteiger partial charge in [-0.25, -0.2) is 4.98 Å². The Kier molecular flexibility index (Phi) is 6.49. The SMILES string of the molecule is Cc1sc2ncn(CC(=O)O[C@H](C)C(=O)NC3CCCCCC3)c(=O)c2c1C. The fourth-order valence-electron chi connectivity index (χ4n) is 3.55. The summed E-state index contributed by atoms with van der Waals surface area (Å²) in [5.74, 6) is -0.915. The molecule has 0 aliphatic heterocycles. The van der Waals surface area contributed by atoms with Crippen LogP contribution in [0.4, 0.5) is 0 Å². The Hall–Kier alpha value is -2.22. The number of carbonyl (C=O) groups excluding carboxylic acids is 2. The molecule has 1 saturated carbocycles. The summed E-state index contributed by atoms with van der Waals surface area (Å²) < 4.78 is 6.49. The Balaban J connectivity index is 1.61. The number of fused-ring (bicyclic) bond motifs is 1. The van der Waals surface area contributed by atoms with Gasteiger partial charge in [0.25, 0.3) is 11.5 Å². The van der Waals surface area contributed by atoms with Gasteiger partial charge in [0.1, 0.15) is 11.4 Å². The van der Waals surface area contributed by atoms with Crippen LogP contribution >= 0.6 is 11.3 Å². The van der Waals surface area contributed by atoms with Crippen molar-refractivity contribution in [2.45, 2.75) is 78.0 Å². The second-order valence-corrected chi connectivity index (χ2v) is 8.67. The Morgan fingerprint density at radius 3 is 2.64 bits per heavy atom. The lowest BCUT2D eigenvalue weighted by Crippen LogP contribution is -2.42. The largest absolute Gasteiger partial charge is 0.451 e. The Labute approximate surface area is 168 Å². The smallest absolute Gasteiger partial charge is 0.326 e. The van der Waals surface area contributed by atoms with Gasteiger partial charge in [0.2, 0.25) is 0 Å². The summed E-state index contributed by atoms with van der Waals surface area (Å²) in [5.41, 5.74) is 0.621. The quantitative estimate of drug-likeness (QED) is 0.610. The maximum absolute atomic E-state index is 12.7. The van der Waals surface area contributed by atoms with Gasteiger partial charge >= 0.3 is 5.97 Å². The molecule has 2 aromatic heterocycles. The number of rotatable bonds is 5. The average molecular weight is 406 g/mol. The summed E-state index contributed by atoms with van der Waals surface area (Å²) in [6.45, 7) is 5.10. The minimum atomic E-state index is -0.895. The lowest BCUT2D eigenvalue weighted by Gasteiger charge is -2.19. The summed E-state index contributed by atoms with van der Waals surface area (Å²) in [6, 6.07) is 0.148. The summed E-state index contributed by atoms with van der Waals surface area (Å²) >= 11 is 1.46. The number of aryl methyl sites for hydroxylation is 2. The molecule has 1 amide bonds. The molecule has 1 fully saturated rings. The first-order valence-corrected chi connectivity index (χ1v) is 10.6. The number of amides is 1. The molecule has 0 saturated heterocycles. The van der Waals surface area contributed by atoms with E-state index in [1.165, 1.54) is 35.1 Å². The highest BCUT2D eigenvalue weighted by Gasteiger charge is 2.22. The molecule has 0 unspecified atom stereocenters. The van der Waals surface area contributed by atoms with E-state index in [-0.39, 0.29) is 24.1 Å². The van der Waals surface area contributed by atoms with Crippen LogP contribution in [-0.4, -0.2) is 33.6 Å². The fraction of sp³-hybridized carbons (Fsp3) is 0.600. The highest BCUT2D eigenvalue weighted by atomic mass is 32.1. The van der Waals surface area contributed by atoms with Crippen molar-refractivity contribution in [1.82, 2.24) is 14.9 Å². The molecular formula is C20H27N3O4S. The molecular weight excluding hydrogens is 378 g/mol. The number of hydrogen-bond donors (Lipinski definition) is 1. The van der Waals surface area contributed by atoms with Crippen LogP contribution < -0.4 is 10.9 Å². The zero-order valence-electron chi connectivity index (χ0n) is 16.6. The molecule has 0 bridgehead atoms. The average Bonchev–Trinajstić information content (AvgIpc) is 2.82. The normalized spacial score (nSPS) is 16.5. The maximum Gasteiger partial charge on any atom is 0.326 e. The third-order valence-electron chi connectivity index (χ3n) is 5.33. The van der Waals surface area contributed by atoms with Gasteiger partial charge in [0, 0.05) is 10.9 Å². The van der Waals surface area contributed by atoms with E-state index in [1.807, 2.05) is 13.8 Å². The van der Waals surface area contributed by atoms with E-state index < -0.39 is 12.1 Å². The van der Waals surface area contributed by atoms with Crippen molar-refractivity contribution >= 4 is 33.4 Å². The molecule has 0 aromatic carbocycles. The van der Waals surface area contributed by atoms with Crippen LogP contribution in [-0.2, 0) is 20.9 Å². The van der Waals surface area contributed by atoms with Gasteiger partial charge in [-0.15, -0.1) is 11.3 Å². The highest BCUT2D eigenvalue weighted by Crippen LogP contribution is 2.25. The molecule has 0 spiro atoms. The predicted molar refractivity (Wildman–Crippen MR) is 109 cm³/mol. The zero-order valence-corrected chi connectivity index (χ0v) is 17.4. The topological polar surface area (TPSA) is 90.3 Å². The molecule has 1 N–H and O–H groups in total. The van der Waals surface area contributed by atoms with E-state index in [0.717, 1.165) is 36.1 Å². The Morgan fingerprint density at radius 2 is 1.96 bits per heavy atom. The van der Waals surface area contributed by atoms with Gasteiger partial charge in [0.05, 0.1) is 11.7 Å². The fourth-order valence-corrected chi connectivity index (χ4v) is 4.54. The molecule has 152 valence electrons. The molecule has 1 atom stereocenters. The lowest BCUT2D eigenvalue weighted by molar-refractivity contribution is -0.155. The van der Waals surface area contributed by atoms with Crippen molar-refractivity contribution in [1.29, 1.82) is 0 Å². The van der Waals surface area contributed by atoms with E-state index in [2.05, 4.69) is 10.3 Å². The van der Waals surface area contributed by atoms with Gasteiger partial charge in [-0.1, -0.05) is 25.7 Å². The van der Waals surface area contributed by atoms with Crippen molar-refractivity contribution in [3.63, 3.8) is 0 Å². The molecule has 2 aromatic rings. The van der Waals surface area contributed by atoms with Crippen LogP contribution in [0, 0.1) is 13.8 Å². The van der Waals surface area contributed by atoms with E-state index in [0.29, 0.717) is 10.2 Å². The second kappa shape index (κ2) is 8.86. The molecule has 1 aliphatic carbocycles. The van der Waals surface area contributed by atoms with Gasteiger partial charge < -0.3 is 10.1 Å². The highest BCUT2D eigenvalue weighted by molar-refractivity contribution is 7.18. The van der Waals surface area contributed by atoms with E-state index in [9.17, 15) is 14.4 Å². The van der Waals surface area contributed by atoms with Gasteiger partial charge in [-0.3, -0.25) is 19.0 Å². The number of carbonyl (C=O) groups is 2. The number of ether oxygens (including phenoxy) is 1. The minimum absolute atomic E-state index is 0.148. The van der Waals surface area contributed by atoms with Crippen molar-refractivity contribution in [3.05, 3.63) is 27.1 Å². The number of hydrogen-bond acceptors (Lipinski definition) is 6. The molecule has 3 rings (SSSR count). The van der Waals surface area contributed by atoms with Crippen molar-refractivity contribution in [3.8, 4) is 0 Å². The monoisotopic (exact) mass is 405 g/mol. The molecule has 0 radical (unpaired) electrons. The Bertz CT molecular complexity index is 925. The summed E-state index contributed by atoms with van der Waals surface area (Å²) in [7, 11) is 0. The number of aromatic nitrogens is 2. The molecule has 28 heavy (non-hydrogen) atoms. The van der Waals surface area contributed by atoms with E-state index >= 15 is 0 Å². The molecule has 8 heteroatoms. The van der Waals surface area contributed by atoms with Crippen LogP contribution in [0.15, 0.2) is 11.1 Å². The summed E-state index contributed by atoms with van der Waals surface area (Å²) in [5, 5.41) is 3.52. The molecule has 2 heterocycles. The van der Waals surface area contributed by atoms with Crippen molar-refractivity contribution in [2.75, 3.05) is 0 Å². The summed E-state index contributed by atoms with van der Waals surface area (Å²) in [6.07, 6.45) is 7.02. The molecule has 7 nitrogen and oxygen atoms in total. The summed E-state index contributed by atoms with van der Waals surface area (Å²) in [4.78, 5) is 43.2. The van der Waals surface area contributed by atoms with Gasteiger partial charge in [-0.05, 0) is 39.2 Å². The van der Waals surface area contributed by atoms with Crippen LogP contribution in [0.1, 0.15) is 55.9 Å². The second-order valence-electron chi connectivity index (χ2n) is 7.47. The Morgan fingerprint density at radius 1 is 1.29 bits per heavy atom. The molecule has 1 aliphatic rings. The first kappa shape index (κ1) is 20.5.